The van der Waals surface area contributed by atoms with E-state index in [9.17, 15) is 9.59 Å². The van der Waals surface area contributed by atoms with Crippen LogP contribution in [0.25, 0.3) is 6.08 Å². The van der Waals surface area contributed by atoms with Gasteiger partial charge in [-0.25, -0.2) is 0 Å². The van der Waals surface area contributed by atoms with Gasteiger partial charge in [-0.1, -0.05) is 23.2 Å². The van der Waals surface area contributed by atoms with E-state index in [1.807, 2.05) is 0 Å². The molecule has 1 fully saturated rings. The van der Waals surface area contributed by atoms with E-state index >= 15 is 0 Å². The summed E-state index contributed by atoms with van der Waals surface area (Å²) in [5, 5.41) is 0.388. The van der Waals surface area contributed by atoms with Crippen molar-refractivity contribution in [3.05, 3.63) is 32.6 Å². The molecule has 0 spiro atoms. The molecule has 1 heterocycles. The zero-order valence-electron chi connectivity index (χ0n) is 12.6. The van der Waals surface area contributed by atoms with Crippen molar-refractivity contribution in [2.45, 2.75) is 6.42 Å². The number of amides is 2. The summed E-state index contributed by atoms with van der Waals surface area (Å²) < 4.78 is 10.0. The van der Waals surface area contributed by atoms with Crippen LogP contribution in [0.1, 0.15) is 12.0 Å². The lowest BCUT2D eigenvalue weighted by Crippen LogP contribution is -2.29. The normalized spacial score (nSPS) is 16.5. The largest absolute Gasteiger partial charge is 0.494 e. The van der Waals surface area contributed by atoms with Gasteiger partial charge in [-0.3, -0.25) is 14.5 Å². The number of halogens is 2. The first-order valence-electron chi connectivity index (χ1n) is 6.75. The predicted molar refractivity (Wildman–Crippen MR) is 92.2 cm³/mol. The number of hydrogen-bond acceptors (Lipinski definition) is 5. The first-order valence-corrected chi connectivity index (χ1v) is 8.32. The molecule has 1 aromatic rings. The molecule has 1 saturated heterocycles. The molecular weight excluding hydrogens is 361 g/mol. The highest BCUT2D eigenvalue weighted by atomic mass is 35.5. The topological polar surface area (TPSA) is 55.8 Å². The van der Waals surface area contributed by atoms with Gasteiger partial charge in [0.2, 0.25) is 0 Å². The molecule has 0 aromatic heterocycles. The van der Waals surface area contributed by atoms with Gasteiger partial charge in [0.25, 0.3) is 11.1 Å². The summed E-state index contributed by atoms with van der Waals surface area (Å²) in [6, 6.07) is 3.26. The molecule has 1 aromatic carbocycles. The van der Waals surface area contributed by atoms with Gasteiger partial charge >= 0.3 is 0 Å². The highest BCUT2D eigenvalue weighted by molar-refractivity contribution is 8.18. The van der Waals surface area contributed by atoms with Crippen LogP contribution in [-0.2, 0) is 9.53 Å². The Morgan fingerprint density at radius 3 is 2.43 bits per heavy atom. The number of thioether (sulfide) groups is 1. The number of hydrogen-bond donors (Lipinski definition) is 0. The maximum Gasteiger partial charge on any atom is 0.293 e. The molecule has 5 nitrogen and oxygen atoms in total. The van der Waals surface area contributed by atoms with Crippen LogP contribution in [0.15, 0.2) is 17.0 Å². The van der Waals surface area contributed by atoms with Gasteiger partial charge in [-0.2, -0.15) is 0 Å². The monoisotopic (exact) mass is 375 g/mol. The molecule has 0 atom stereocenters. The van der Waals surface area contributed by atoms with Gasteiger partial charge < -0.3 is 9.47 Å². The Bertz CT molecular complexity index is 640. The second-order valence-electron chi connectivity index (χ2n) is 4.70. The van der Waals surface area contributed by atoms with Crippen molar-refractivity contribution in [3.8, 4) is 5.75 Å². The highest BCUT2D eigenvalue weighted by Crippen LogP contribution is 2.37. The van der Waals surface area contributed by atoms with Crippen molar-refractivity contribution in [3.63, 3.8) is 0 Å². The van der Waals surface area contributed by atoms with Crippen LogP contribution in [0, 0.1) is 0 Å². The van der Waals surface area contributed by atoms with Crippen molar-refractivity contribution in [2.75, 3.05) is 27.4 Å². The standard InChI is InChI=1S/C15H15Cl2NO4S/c1-21-5-3-4-18-14(19)12(23-15(18)20)8-9-6-10(16)13(22-2)11(17)7-9/h6-8H,3-5H2,1-2H3/b12-8+. The van der Waals surface area contributed by atoms with Crippen molar-refractivity contribution in [1.82, 2.24) is 4.90 Å². The van der Waals surface area contributed by atoms with Gasteiger partial charge in [0.15, 0.2) is 5.75 Å². The van der Waals surface area contributed by atoms with Crippen LogP contribution in [0.5, 0.6) is 5.75 Å². The van der Waals surface area contributed by atoms with E-state index in [0.717, 1.165) is 11.8 Å². The smallest absolute Gasteiger partial charge is 0.293 e. The summed E-state index contributed by atoms with van der Waals surface area (Å²) in [6.07, 6.45) is 2.19. The van der Waals surface area contributed by atoms with E-state index in [0.29, 0.717) is 45.8 Å². The Hall–Kier alpha value is -1.21. The lowest BCUT2D eigenvalue weighted by molar-refractivity contribution is -0.122. The molecule has 0 N–H and O–H groups in total. The minimum Gasteiger partial charge on any atom is -0.494 e. The number of benzene rings is 1. The molecule has 8 heteroatoms. The van der Waals surface area contributed by atoms with Gasteiger partial charge in [-0.15, -0.1) is 0 Å². The number of imide groups is 1. The van der Waals surface area contributed by atoms with Gasteiger partial charge in [0.1, 0.15) is 0 Å². The fraction of sp³-hybridized carbons (Fsp3) is 0.333. The van der Waals surface area contributed by atoms with E-state index in [1.54, 1.807) is 25.3 Å². The van der Waals surface area contributed by atoms with Gasteiger partial charge in [0.05, 0.1) is 22.1 Å². The van der Waals surface area contributed by atoms with Crippen LogP contribution >= 0.6 is 35.0 Å². The third kappa shape index (κ3) is 4.20. The first kappa shape index (κ1) is 18.1. The minimum absolute atomic E-state index is 0.289. The van der Waals surface area contributed by atoms with E-state index in [2.05, 4.69) is 0 Å². The average Bonchev–Trinajstić information content (AvgIpc) is 2.74. The maximum absolute atomic E-state index is 12.3. The Morgan fingerprint density at radius 2 is 1.87 bits per heavy atom. The molecule has 0 saturated carbocycles. The lowest BCUT2D eigenvalue weighted by Gasteiger charge is -2.11. The quantitative estimate of drug-likeness (QED) is 0.553. The maximum atomic E-state index is 12.3. The molecule has 0 bridgehead atoms. The first-order chi connectivity index (χ1) is 11.0. The zero-order chi connectivity index (χ0) is 17.0. The Kier molecular flexibility index (Phi) is 6.35. The van der Waals surface area contributed by atoms with Crippen molar-refractivity contribution >= 4 is 52.2 Å². The zero-order valence-corrected chi connectivity index (χ0v) is 14.9. The lowest BCUT2D eigenvalue weighted by atomic mass is 10.2. The second kappa shape index (κ2) is 8.06. The van der Waals surface area contributed by atoms with Crippen molar-refractivity contribution < 1.29 is 19.1 Å². The summed E-state index contributed by atoms with van der Waals surface area (Å²) in [6.45, 7) is 0.824. The molecule has 1 aliphatic heterocycles. The third-order valence-electron chi connectivity index (χ3n) is 3.13. The Balaban J connectivity index is 2.20. The second-order valence-corrected chi connectivity index (χ2v) is 6.51. The van der Waals surface area contributed by atoms with E-state index < -0.39 is 0 Å². The van der Waals surface area contributed by atoms with Crippen LogP contribution in [0.3, 0.4) is 0 Å². The number of nitrogens with zero attached hydrogens (tertiary/aromatic N) is 1. The minimum atomic E-state index is -0.320. The number of carbonyl (C=O) groups excluding carboxylic acids is 2. The van der Waals surface area contributed by atoms with Crippen LogP contribution < -0.4 is 4.74 Å². The molecule has 0 radical (unpaired) electrons. The molecule has 1 aliphatic rings. The molecule has 0 unspecified atom stereocenters. The summed E-state index contributed by atoms with van der Waals surface area (Å²) in [5.41, 5.74) is 0.628. The SMILES string of the molecule is COCCCN1C(=O)S/C(=C/c2cc(Cl)c(OC)c(Cl)c2)C1=O. The number of rotatable bonds is 6. The summed E-state index contributed by atoms with van der Waals surface area (Å²) in [4.78, 5) is 25.8. The third-order valence-corrected chi connectivity index (χ3v) is 4.60. The van der Waals surface area contributed by atoms with Crippen LogP contribution in [-0.4, -0.2) is 43.4 Å². The fourth-order valence-corrected chi connectivity index (χ4v) is 3.59. The van der Waals surface area contributed by atoms with Gasteiger partial charge in [-0.05, 0) is 42.0 Å². The number of methoxy groups -OCH3 is 2. The molecule has 124 valence electrons. The Labute approximate surface area is 148 Å². The Morgan fingerprint density at radius 1 is 1.22 bits per heavy atom. The fourth-order valence-electron chi connectivity index (χ4n) is 2.07. The number of ether oxygens (including phenoxy) is 2. The molecular formula is C15H15Cl2NO4S. The van der Waals surface area contributed by atoms with Crippen molar-refractivity contribution in [2.24, 2.45) is 0 Å². The molecule has 23 heavy (non-hydrogen) atoms. The summed E-state index contributed by atoms with van der Waals surface area (Å²) in [7, 11) is 3.04. The average molecular weight is 376 g/mol. The predicted octanol–water partition coefficient (Wildman–Crippen LogP) is 4.07. The van der Waals surface area contributed by atoms with Crippen molar-refractivity contribution in [1.29, 1.82) is 0 Å². The summed E-state index contributed by atoms with van der Waals surface area (Å²) in [5.74, 6) is 0.0531. The van der Waals surface area contributed by atoms with E-state index in [1.165, 1.54) is 12.0 Å². The molecule has 2 rings (SSSR count). The van der Waals surface area contributed by atoms with Crippen LogP contribution in [0.4, 0.5) is 4.79 Å². The highest BCUT2D eigenvalue weighted by Gasteiger charge is 2.34. The molecule has 2 amide bonds. The summed E-state index contributed by atoms with van der Waals surface area (Å²) >= 11 is 13.1. The number of carbonyl (C=O) groups is 2. The molecule has 0 aliphatic carbocycles. The van der Waals surface area contributed by atoms with E-state index in [4.69, 9.17) is 32.7 Å². The van der Waals surface area contributed by atoms with Crippen LogP contribution in [0.2, 0.25) is 10.0 Å². The van der Waals surface area contributed by atoms with Gasteiger partial charge in [0, 0.05) is 20.3 Å². The van der Waals surface area contributed by atoms with E-state index in [-0.39, 0.29) is 11.1 Å².